The van der Waals surface area contributed by atoms with E-state index in [1.807, 2.05) is 24.3 Å². The molecule has 0 aliphatic carbocycles. The van der Waals surface area contributed by atoms with Crippen LogP contribution in [0.3, 0.4) is 0 Å². The van der Waals surface area contributed by atoms with Gasteiger partial charge in [0.15, 0.2) is 5.17 Å². The van der Waals surface area contributed by atoms with Crippen molar-refractivity contribution in [2.75, 3.05) is 14.2 Å². The number of ether oxygens (including phenoxy) is 2. The highest BCUT2D eigenvalue weighted by Crippen LogP contribution is 2.23. The molecule has 1 aromatic rings. The predicted molar refractivity (Wildman–Crippen MR) is 88.0 cm³/mol. The van der Waals surface area contributed by atoms with Crippen molar-refractivity contribution in [2.45, 2.75) is 6.61 Å². The first kappa shape index (κ1) is 16.9. The summed E-state index contributed by atoms with van der Waals surface area (Å²) < 4.78 is 9.51. The smallest absolute Gasteiger partial charge is 0.331 e. The molecule has 1 fully saturated rings. The maximum atomic E-state index is 11.6. The topological polar surface area (TPSA) is 89.4 Å². The maximum absolute atomic E-state index is 11.6. The van der Waals surface area contributed by atoms with Gasteiger partial charge in [-0.15, -0.1) is 5.10 Å². The predicted octanol–water partition coefficient (Wildman–Crippen LogP) is 1.44. The number of amides is 1. The number of amidine groups is 1. The number of esters is 1. The van der Waals surface area contributed by atoms with Crippen molar-refractivity contribution in [2.24, 2.45) is 10.2 Å². The van der Waals surface area contributed by atoms with Gasteiger partial charge in [-0.3, -0.25) is 10.1 Å². The fourth-order valence-electron chi connectivity index (χ4n) is 1.66. The number of rotatable bonds is 5. The fourth-order valence-corrected chi connectivity index (χ4v) is 2.39. The molecule has 1 aliphatic rings. The number of carbonyl (C=O) groups is 2. The zero-order valence-electron chi connectivity index (χ0n) is 12.6. The van der Waals surface area contributed by atoms with Gasteiger partial charge < -0.3 is 9.47 Å². The van der Waals surface area contributed by atoms with Crippen molar-refractivity contribution >= 4 is 35.0 Å². The molecule has 0 spiro atoms. The lowest BCUT2D eigenvalue weighted by Gasteiger charge is -1.98. The standard InChI is InChI=1S/C15H15N3O4S/c1-21-9-11-5-3-10(4-6-11)8-16-18-15-17-14(20)12(23-15)7-13(19)22-2/h3-8H,9H2,1-2H3,(H,17,18,20)/b12-7+,16-8?. The molecule has 1 aliphatic heterocycles. The maximum Gasteiger partial charge on any atom is 0.331 e. The monoisotopic (exact) mass is 333 g/mol. The second kappa shape index (κ2) is 8.25. The van der Waals surface area contributed by atoms with Gasteiger partial charge in [0, 0.05) is 13.2 Å². The van der Waals surface area contributed by atoms with Gasteiger partial charge in [0.1, 0.15) is 0 Å². The number of carbonyl (C=O) groups excluding carboxylic acids is 2. The molecule has 1 heterocycles. The number of thioether (sulfide) groups is 1. The van der Waals surface area contributed by atoms with Crippen LogP contribution >= 0.6 is 11.8 Å². The van der Waals surface area contributed by atoms with Crippen molar-refractivity contribution in [3.8, 4) is 0 Å². The molecular weight excluding hydrogens is 318 g/mol. The van der Waals surface area contributed by atoms with Crippen LogP contribution in [-0.4, -0.2) is 37.5 Å². The lowest BCUT2D eigenvalue weighted by molar-refractivity contribution is -0.135. The SMILES string of the molecule is COCc1ccc(C=N/N=C2/NC(=O)/C(=C\C(=O)OC)S2)cc1. The summed E-state index contributed by atoms with van der Waals surface area (Å²) in [6.07, 6.45) is 2.68. The molecule has 1 aromatic carbocycles. The molecule has 2 rings (SSSR count). The van der Waals surface area contributed by atoms with E-state index in [1.54, 1.807) is 13.3 Å². The summed E-state index contributed by atoms with van der Waals surface area (Å²) in [5.74, 6) is -0.998. The van der Waals surface area contributed by atoms with Crippen molar-refractivity contribution in [3.63, 3.8) is 0 Å². The lowest BCUT2D eigenvalue weighted by atomic mass is 10.1. The Morgan fingerprint density at radius 1 is 1.30 bits per heavy atom. The van der Waals surface area contributed by atoms with Crippen LogP contribution < -0.4 is 5.32 Å². The van der Waals surface area contributed by atoms with Gasteiger partial charge in [-0.25, -0.2) is 4.79 Å². The molecule has 7 nitrogen and oxygen atoms in total. The van der Waals surface area contributed by atoms with Crippen LogP contribution in [0.1, 0.15) is 11.1 Å². The Morgan fingerprint density at radius 3 is 2.70 bits per heavy atom. The van der Waals surface area contributed by atoms with Crippen LogP contribution in [0.2, 0.25) is 0 Å². The van der Waals surface area contributed by atoms with E-state index in [0.29, 0.717) is 11.8 Å². The van der Waals surface area contributed by atoms with E-state index in [4.69, 9.17) is 4.74 Å². The van der Waals surface area contributed by atoms with Gasteiger partial charge in [-0.05, 0) is 22.9 Å². The Morgan fingerprint density at radius 2 is 2.04 bits per heavy atom. The van der Waals surface area contributed by atoms with Crippen molar-refractivity contribution < 1.29 is 19.1 Å². The average Bonchev–Trinajstić information content (AvgIpc) is 2.89. The zero-order valence-corrected chi connectivity index (χ0v) is 13.4. The van der Waals surface area contributed by atoms with Gasteiger partial charge in [0.25, 0.3) is 5.91 Å². The highest BCUT2D eigenvalue weighted by Gasteiger charge is 2.24. The average molecular weight is 333 g/mol. The van der Waals surface area contributed by atoms with E-state index >= 15 is 0 Å². The summed E-state index contributed by atoms with van der Waals surface area (Å²) in [6.45, 7) is 0.553. The van der Waals surface area contributed by atoms with Crippen molar-refractivity contribution in [1.82, 2.24) is 5.32 Å². The summed E-state index contributed by atoms with van der Waals surface area (Å²) in [7, 11) is 2.88. The van der Waals surface area contributed by atoms with Crippen LogP contribution in [0.4, 0.5) is 0 Å². The van der Waals surface area contributed by atoms with Gasteiger partial charge in [-0.1, -0.05) is 24.3 Å². The van der Waals surface area contributed by atoms with E-state index in [-0.39, 0.29) is 4.91 Å². The van der Waals surface area contributed by atoms with E-state index in [0.717, 1.165) is 29.0 Å². The first-order valence-electron chi connectivity index (χ1n) is 6.60. The van der Waals surface area contributed by atoms with E-state index in [2.05, 4.69) is 20.3 Å². The fraction of sp³-hybridized carbons (Fsp3) is 0.200. The normalized spacial score (nSPS) is 17.9. The highest BCUT2D eigenvalue weighted by atomic mass is 32.2. The molecule has 0 atom stereocenters. The van der Waals surface area contributed by atoms with Gasteiger partial charge in [0.05, 0.1) is 24.8 Å². The van der Waals surface area contributed by atoms with E-state index in [9.17, 15) is 9.59 Å². The molecule has 0 radical (unpaired) electrons. The van der Waals surface area contributed by atoms with Crippen LogP contribution in [0.15, 0.2) is 45.4 Å². The third-order valence-electron chi connectivity index (χ3n) is 2.75. The first-order valence-corrected chi connectivity index (χ1v) is 7.42. The Kier molecular flexibility index (Phi) is 6.07. The van der Waals surface area contributed by atoms with E-state index < -0.39 is 11.9 Å². The van der Waals surface area contributed by atoms with Gasteiger partial charge in [0.2, 0.25) is 0 Å². The Hall–Kier alpha value is -2.45. The largest absolute Gasteiger partial charge is 0.466 e. The Bertz CT molecular complexity index is 680. The summed E-state index contributed by atoms with van der Waals surface area (Å²) in [5.41, 5.74) is 1.93. The minimum Gasteiger partial charge on any atom is -0.466 e. The summed E-state index contributed by atoms with van der Waals surface area (Å²) in [6, 6.07) is 7.64. The third-order valence-corrected chi connectivity index (χ3v) is 3.65. The van der Waals surface area contributed by atoms with Crippen LogP contribution in [-0.2, 0) is 25.7 Å². The van der Waals surface area contributed by atoms with E-state index in [1.165, 1.54) is 7.11 Å². The van der Waals surface area contributed by atoms with Gasteiger partial charge >= 0.3 is 5.97 Å². The number of nitrogens with zero attached hydrogens (tertiary/aromatic N) is 2. The Labute approximate surface area is 137 Å². The zero-order chi connectivity index (χ0) is 16.7. The van der Waals surface area contributed by atoms with Crippen LogP contribution in [0.5, 0.6) is 0 Å². The minimum atomic E-state index is -0.594. The first-order chi connectivity index (χ1) is 11.1. The quantitative estimate of drug-likeness (QED) is 0.381. The number of nitrogens with one attached hydrogen (secondary N) is 1. The molecule has 0 aromatic heterocycles. The second-order valence-corrected chi connectivity index (χ2v) is 5.44. The molecule has 1 saturated heterocycles. The number of methoxy groups -OCH3 is 2. The Balaban J connectivity index is 1.99. The molecule has 0 unspecified atom stereocenters. The summed E-state index contributed by atoms with van der Waals surface area (Å²) in [4.78, 5) is 23.0. The van der Waals surface area contributed by atoms with Crippen LogP contribution in [0, 0.1) is 0 Å². The molecule has 1 N–H and O–H groups in total. The lowest BCUT2D eigenvalue weighted by Crippen LogP contribution is -2.19. The molecule has 8 heteroatoms. The summed E-state index contributed by atoms with van der Waals surface area (Å²) in [5, 5.41) is 10.6. The number of hydrogen-bond acceptors (Lipinski definition) is 7. The molecule has 1 amide bonds. The molecule has 120 valence electrons. The molecule has 23 heavy (non-hydrogen) atoms. The number of benzene rings is 1. The van der Waals surface area contributed by atoms with Crippen molar-refractivity contribution in [1.29, 1.82) is 0 Å². The second-order valence-electron chi connectivity index (χ2n) is 4.41. The summed E-state index contributed by atoms with van der Waals surface area (Å²) >= 11 is 1.03. The van der Waals surface area contributed by atoms with Gasteiger partial charge in [-0.2, -0.15) is 5.10 Å². The molecule has 0 saturated carbocycles. The highest BCUT2D eigenvalue weighted by molar-refractivity contribution is 8.18. The molecule has 0 bridgehead atoms. The third kappa shape index (κ3) is 5.04. The molecular formula is C15H15N3O4S. The van der Waals surface area contributed by atoms with Crippen molar-refractivity contribution in [3.05, 3.63) is 46.4 Å². The number of hydrogen-bond donors (Lipinski definition) is 1. The minimum absolute atomic E-state index is 0.217. The van der Waals surface area contributed by atoms with Crippen LogP contribution in [0.25, 0.3) is 0 Å².